The van der Waals surface area contributed by atoms with E-state index in [2.05, 4.69) is 6.07 Å². The molecular formula is C14H25NO3SSi. The minimum Gasteiger partial charge on any atom is -0.399 e. The fourth-order valence-corrected chi connectivity index (χ4v) is 5.94. The van der Waals surface area contributed by atoms with Gasteiger partial charge in [-0.05, 0) is 39.0 Å². The molecule has 0 aliphatic rings. The summed E-state index contributed by atoms with van der Waals surface area (Å²) in [4.78, 5) is 1.16. The fraction of sp³-hybridized carbons (Fsp3) is 0.571. The summed E-state index contributed by atoms with van der Waals surface area (Å²) < 4.78 is 17.5. The second-order valence-electron chi connectivity index (χ2n) is 4.15. The second kappa shape index (κ2) is 9.41. The van der Waals surface area contributed by atoms with Gasteiger partial charge < -0.3 is 19.0 Å². The number of rotatable bonds is 10. The first kappa shape index (κ1) is 17.5. The molecule has 0 atom stereocenters. The molecule has 4 nitrogen and oxygen atoms in total. The van der Waals surface area contributed by atoms with Crippen molar-refractivity contribution in [2.75, 3.05) is 31.3 Å². The van der Waals surface area contributed by atoms with Gasteiger partial charge in [0, 0.05) is 42.2 Å². The van der Waals surface area contributed by atoms with Gasteiger partial charge in [-0.15, -0.1) is 11.8 Å². The third-order valence-electron chi connectivity index (χ3n) is 2.63. The Balaban J connectivity index is 2.56. The van der Waals surface area contributed by atoms with Gasteiger partial charge in [0.15, 0.2) is 0 Å². The molecule has 0 unspecified atom stereocenters. The van der Waals surface area contributed by atoms with Crippen LogP contribution < -0.4 is 5.73 Å². The highest BCUT2D eigenvalue weighted by atomic mass is 32.2. The molecule has 114 valence electrons. The Bertz CT molecular complexity index is 375. The van der Waals surface area contributed by atoms with Crippen molar-refractivity contribution in [1.82, 2.24) is 0 Å². The molecule has 0 heterocycles. The van der Waals surface area contributed by atoms with Crippen molar-refractivity contribution in [1.29, 1.82) is 0 Å². The third-order valence-corrected chi connectivity index (χ3v) is 7.03. The van der Waals surface area contributed by atoms with Crippen LogP contribution in [-0.2, 0) is 13.3 Å². The summed E-state index contributed by atoms with van der Waals surface area (Å²) >= 11 is 1.75. The van der Waals surface area contributed by atoms with E-state index in [1.807, 2.05) is 39.0 Å². The van der Waals surface area contributed by atoms with Gasteiger partial charge in [0.2, 0.25) is 0 Å². The maximum absolute atomic E-state index is 5.83. The molecule has 1 aromatic carbocycles. The van der Waals surface area contributed by atoms with Gasteiger partial charge in [0.25, 0.3) is 0 Å². The molecule has 2 N–H and O–H groups in total. The van der Waals surface area contributed by atoms with Gasteiger partial charge in [-0.25, -0.2) is 0 Å². The van der Waals surface area contributed by atoms with Gasteiger partial charge >= 0.3 is 8.80 Å². The number of thioether (sulfide) groups is 1. The van der Waals surface area contributed by atoms with Crippen LogP contribution in [0.5, 0.6) is 0 Å². The monoisotopic (exact) mass is 315 g/mol. The summed E-state index contributed by atoms with van der Waals surface area (Å²) in [6.45, 7) is 7.79. The first-order chi connectivity index (χ1) is 9.65. The van der Waals surface area contributed by atoms with Crippen molar-refractivity contribution in [3.63, 3.8) is 0 Å². The molecule has 1 rings (SSSR count). The molecule has 0 aliphatic carbocycles. The average Bonchev–Trinajstić information content (AvgIpc) is 2.40. The van der Waals surface area contributed by atoms with Crippen LogP contribution in [0.15, 0.2) is 29.2 Å². The van der Waals surface area contributed by atoms with Crippen LogP contribution >= 0.6 is 11.8 Å². The van der Waals surface area contributed by atoms with Crippen molar-refractivity contribution < 1.29 is 13.3 Å². The van der Waals surface area contributed by atoms with Gasteiger partial charge in [0.1, 0.15) is 0 Å². The van der Waals surface area contributed by atoms with E-state index in [1.165, 1.54) is 0 Å². The maximum atomic E-state index is 5.83. The lowest BCUT2D eigenvalue weighted by Gasteiger charge is -2.28. The maximum Gasteiger partial charge on any atom is 0.501 e. The molecule has 0 aliphatic heterocycles. The SMILES string of the molecule is CCO[Si](CCSc1cccc(N)c1)(OCC)OCC. The second-order valence-corrected chi connectivity index (χ2v) is 8.05. The Labute approximate surface area is 127 Å². The summed E-state index contributed by atoms with van der Waals surface area (Å²) in [7, 11) is -2.52. The minimum atomic E-state index is -2.52. The molecule has 0 bridgehead atoms. The van der Waals surface area contributed by atoms with Gasteiger partial charge in [-0.2, -0.15) is 0 Å². The first-order valence-corrected chi connectivity index (χ1v) is 9.97. The van der Waals surface area contributed by atoms with Gasteiger partial charge in [-0.1, -0.05) is 6.07 Å². The summed E-state index contributed by atoms with van der Waals surface area (Å²) in [5.74, 6) is 0.898. The molecule has 0 saturated carbocycles. The highest BCUT2D eigenvalue weighted by Gasteiger charge is 2.39. The zero-order valence-electron chi connectivity index (χ0n) is 12.6. The summed E-state index contributed by atoms with van der Waals surface area (Å²) in [6.07, 6.45) is 0. The molecule has 0 amide bonds. The zero-order chi connectivity index (χ0) is 14.8. The molecule has 0 saturated heterocycles. The number of hydrogen-bond donors (Lipinski definition) is 1. The molecule has 0 radical (unpaired) electrons. The summed E-state index contributed by atoms with van der Waals surface area (Å²) in [5.41, 5.74) is 6.57. The number of anilines is 1. The Morgan fingerprint density at radius 2 is 1.65 bits per heavy atom. The van der Waals surface area contributed by atoms with E-state index in [1.54, 1.807) is 11.8 Å². The number of nitrogen functional groups attached to an aromatic ring is 1. The Morgan fingerprint density at radius 3 is 2.15 bits per heavy atom. The van der Waals surface area contributed by atoms with Crippen LogP contribution in [0.3, 0.4) is 0 Å². The molecule has 0 spiro atoms. The predicted molar refractivity (Wildman–Crippen MR) is 87.0 cm³/mol. The average molecular weight is 316 g/mol. The van der Waals surface area contributed by atoms with E-state index < -0.39 is 8.80 Å². The Hall–Kier alpha value is -0.533. The lowest BCUT2D eigenvalue weighted by molar-refractivity contribution is 0.0728. The van der Waals surface area contributed by atoms with Crippen LogP contribution in [0.2, 0.25) is 6.04 Å². The van der Waals surface area contributed by atoms with Crippen molar-refractivity contribution in [3.8, 4) is 0 Å². The van der Waals surface area contributed by atoms with Gasteiger partial charge in [0.05, 0.1) is 0 Å². The lowest BCUT2D eigenvalue weighted by Crippen LogP contribution is -2.46. The third kappa shape index (κ3) is 5.84. The molecular weight excluding hydrogens is 290 g/mol. The summed E-state index contributed by atoms with van der Waals surface area (Å²) in [6, 6.07) is 8.71. The molecule has 20 heavy (non-hydrogen) atoms. The summed E-state index contributed by atoms with van der Waals surface area (Å²) in [5, 5.41) is 0. The highest BCUT2D eigenvalue weighted by Crippen LogP contribution is 2.25. The van der Waals surface area contributed by atoms with E-state index in [-0.39, 0.29) is 0 Å². The quantitative estimate of drug-likeness (QED) is 0.407. The lowest BCUT2D eigenvalue weighted by atomic mass is 10.3. The molecule has 1 aromatic rings. The van der Waals surface area contributed by atoms with Crippen LogP contribution in [0.4, 0.5) is 5.69 Å². The highest BCUT2D eigenvalue weighted by molar-refractivity contribution is 7.99. The van der Waals surface area contributed by atoms with E-state index in [4.69, 9.17) is 19.0 Å². The topological polar surface area (TPSA) is 53.7 Å². The van der Waals surface area contributed by atoms with Crippen molar-refractivity contribution in [3.05, 3.63) is 24.3 Å². The Morgan fingerprint density at radius 1 is 1.05 bits per heavy atom. The normalized spacial score (nSPS) is 11.8. The fourth-order valence-electron chi connectivity index (χ4n) is 1.90. The number of benzene rings is 1. The first-order valence-electron chi connectivity index (χ1n) is 7.06. The van der Waals surface area contributed by atoms with E-state index in [9.17, 15) is 0 Å². The van der Waals surface area contributed by atoms with Crippen molar-refractivity contribution in [2.24, 2.45) is 0 Å². The smallest absolute Gasteiger partial charge is 0.399 e. The molecule has 0 fully saturated rings. The number of hydrogen-bond acceptors (Lipinski definition) is 5. The minimum absolute atomic E-state index is 0.620. The van der Waals surface area contributed by atoms with Crippen LogP contribution in [-0.4, -0.2) is 34.4 Å². The van der Waals surface area contributed by atoms with Crippen LogP contribution in [0.25, 0.3) is 0 Å². The zero-order valence-corrected chi connectivity index (χ0v) is 14.4. The standard InChI is InChI=1S/C14H25NO3SSi/c1-4-16-20(17-5-2,18-6-3)11-10-19-14-9-7-8-13(15)12-14/h7-9,12H,4-6,10-11,15H2,1-3H3. The Kier molecular flexibility index (Phi) is 8.24. The van der Waals surface area contributed by atoms with Crippen molar-refractivity contribution in [2.45, 2.75) is 31.7 Å². The molecule has 6 heteroatoms. The van der Waals surface area contributed by atoms with E-state index >= 15 is 0 Å². The number of nitrogens with two attached hydrogens (primary N) is 1. The van der Waals surface area contributed by atoms with Crippen LogP contribution in [0, 0.1) is 0 Å². The predicted octanol–water partition coefficient (Wildman–Crippen LogP) is 3.41. The largest absolute Gasteiger partial charge is 0.501 e. The van der Waals surface area contributed by atoms with Crippen molar-refractivity contribution >= 4 is 26.3 Å². The van der Waals surface area contributed by atoms with E-state index in [0.29, 0.717) is 19.8 Å². The van der Waals surface area contributed by atoms with Crippen LogP contribution in [0.1, 0.15) is 20.8 Å². The van der Waals surface area contributed by atoms with Gasteiger partial charge in [-0.3, -0.25) is 0 Å². The van der Waals surface area contributed by atoms with E-state index in [0.717, 1.165) is 22.4 Å². The molecule has 0 aromatic heterocycles.